The lowest BCUT2D eigenvalue weighted by Crippen LogP contribution is -3.15. The Morgan fingerprint density at radius 1 is 1.30 bits per heavy atom. The smallest absolute Gasteiger partial charge is 0.275 e. The summed E-state index contributed by atoms with van der Waals surface area (Å²) in [5.41, 5.74) is 1.02. The average Bonchev–Trinajstić information content (AvgIpc) is 2.54. The number of sulfonamides is 1. The van der Waals surface area contributed by atoms with Crippen molar-refractivity contribution < 1.29 is 18.1 Å². The third kappa shape index (κ3) is 4.55. The number of aryl methyl sites for hydroxylation is 1. The van der Waals surface area contributed by atoms with Gasteiger partial charge in [0.1, 0.15) is 0 Å². The molecule has 0 aromatic heterocycles. The highest BCUT2D eigenvalue weighted by atomic mass is 32.2. The highest BCUT2D eigenvalue weighted by molar-refractivity contribution is 7.89. The molecule has 1 amide bonds. The number of carbonyl (C=O) groups excluding carboxylic acids is 1. The predicted octanol–water partition coefficient (Wildman–Crippen LogP) is -1.37. The highest BCUT2D eigenvalue weighted by Gasteiger charge is 2.30. The maximum Gasteiger partial charge on any atom is 0.275 e. The van der Waals surface area contributed by atoms with Gasteiger partial charge in [-0.25, -0.2) is 8.42 Å². The summed E-state index contributed by atoms with van der Waals surface area (Å²) in [5, 5.41) is 2.62. The van der Waals surface area contributed by atoms with Crippen molar-refractivity contribution in [2.75, 3.05) is 39.3 Å². The molecule has 1 fully saturated rings. The molecule has 0 saturated carbocycles. The number of hydrogen-bond donors (Lipinski definition) is 2. The summed E-state index contributed by atoms with van der Waals surface area (Å²) in [6.07, 6.45) is 5.10. The molecule has 2 N–H and O–H groups in total. The summed E-state index contributed by atoms with van der Waals surface area (Å²) in [6.45, 7) is 4.49. The quantitative estimate of drug-likeness (QED) is 0.652. The molecule has 7 heteroatoms. The van der Waals surface area contributed by atoms with Crippen LogP contribution >= 0.6 is 0 Å². The average molecular weight is 336 g/mol. The monoisotopic (exact) mass is 336 g/mol. The molecule has 0 bridgehead atoms. The van der Waals surface area contributed by atoms with Gasteiger partial charge in [0.25, 0.3) is 5.91 Å². The van der Waals surface area contributed by atoms with Gasteiger partial charge in [-0.15, -0.1) is 6.42 Å². The van der Waals surface area contributed by atoms with Gasteiger partial charge in [0.15, 0.2) is 6.54 Å². The van der Waals surface area contributed by atoms with E-state index in [0.29, 0.717) is 37.6 Å². The molecular weight excluding hydrogens is 314 g/mol. The van der Waals surface area contributed by atoms with Gasteiger partial charge in [0, 0.05) is 0 Å². The van der Waals surface area contributed by atoms with E-state index in [4.69, 9.17) is 6.42 Å². The van der Waals surface area contributed by atoms with Crippen molar-refractivity contribution >= 4 is 15.9 Å². The van der Waals surface area contributed by atoms with Crippen molar-refractivity contribution in [1.82, 2.24) is 9.62 Å². The van der Waals surface area contributed by atoms with Crippen LogP contribution in [-0.2, 0) is 14.8 Å². The second-order valence-electron chi connectivity index (χ2n) is 5.62. The number of carbonyl (C=O) groups is 1. The summed E-state index contributed by atoms with van der Waals surface area (Å²) in [5.74, 6) is 2.25. The van der Waals surface area contributed by atoms with Crippen LogP contribution < -0.4 is 10.2 Å². The number of rotatable bonds is 5. The Hall–Kier alpha value is -1.88. The van der Waals surface area contributed by atoms with Crippen molar-refractivity contribution in [3.05, 3.63) is 29.8 Å². The standard InChI is InChI=1S/C16H21N3O3S/c1-3-8-17-16(20)13-18-9-11-19(12-10-18)23(21,22)15-6-4-14(2)5-7-15/h1,4-7H,8-13H2,2H3,(H,17,20)/p+1. The Balaban J connectivity index is 1.92. The van der Waals surface area contributed by atoms with Gasteiger partial charge >= 0.3 is 0 Å². The number of amides is 1. The molecular formula is C16H22N3O3S+. The van der Waals surface area contributed by atoms with E-state index in [-0.39, 0.29) is 12.5 Å². The fraction of sp³-hybridized carbons (Fsp3) is 0.438. The van der Waals surface area contributed by atoms with Crippen molar-refractivity contribution in [3.8, 4) is 12.3 Å². The lowest BCUT2D eigenvalue weighted by Gasteiger charge is -2.31. The SMILES string of the molecule is C#CCNC(=O)C[NH+]1CCN(S(=O)(=O)c2ccc(C)cc2)CC1. The summed E-state index contributed by atoms with van der Waals surface area (Å²) < 4.78 is 26.7. The van der Waals surface area contributed by atoms with E-state index >= 15 is 0 Å². The summed E-state index contributed by atoms with van der Waals surface area (Å²) >= 11 is 0. The molecule has 124 valence electrons. The number of nitrogens with one attached hydrogen (secondary N) is 2. The fourth-order valence-electron chi connectivity index (χ4n) is 2.52. The first-order valence-electron chi connectivity index (χ1n) is 7.54. The van der Waals surface area contributed by atoms with Gasteiger partial charge in [-0.2, -0.15) is 4.31 Å². The van der Waals surface area contributed by atoms with E-state index in [1.54, 1.807) is 24.3 Å². The third-order valence-electron chi connectivity index (χ3n) is 3.89. The summed E-state index contributed by atoms with van der Waals surface area (Å²) in [4.78, 5) is 13.0. The first-order valence-corrected chi connectivity index (χ1v) is 8.98. The van der Waals surface area contributed by atoms with Crippen LogP contribution in [0.1, 0.15) is 5.56 Å². The van der Waals surface area contributed by atoms with Gasteiger partial charge in [-0.05, 0) is 19.1 Å². The van der Waals surface area contributed by atoms with Crippen LogP contribution in [0.3, 0.4) is 0 Å². The van der Waals surface area contributed by atoms with E-state index in [1.165, 1.54) is 4.31 Å². The lowest BCUT2D eigenvalue weighted by atomic mass is 10.2. The second kappa shape index (κ2) is 7.59. The molecule has 0 aliphatic carbocycles. The first-order chi connectivity index (χ1) is 10.9. The normalized spacial score (nSPS) is 16.7. The van der Waals surface area contributed by atoms with E-state index in [2.05, 4.69) is 11.2 Å². The molecule has 6 nitrogen and oxygen atoms in total. The second-order valence-corrected chi connectivity index (χ2v) is 7.56. The molecule has 1 aliphatic rings. The highest BCUT2D eigenvalue weighted by Crippen LogP contribution is 2.16. The van der Waals surface area contributed by atoms with Gasteiger partial charge in [0.05, 0.1) is 37.6 Å². The van der Waals surface area contributed by atoms with E-state index in [0.717, 1.165) is 10.5 Å². The first kappa shape index (κ1) is 17.5. The van der Waals surface area contributed by atoms with Gasteiger partial charge in [-0.1, -0.05) is 23.6 Å². The number of hydrogen-bond acceptors (Lipinski definition) is 3. The minimum atomic E-state index is -3.45. The Kier molecular flexibility index (Phi) is 5.77. The molecule has 23 heavy (non-hydrogen) atoms. The largest absolute Gasteiger partial charge is 0.340 e. The molecule has 0 unspecified atom stereocenters. The molecule has 0 atom stereocenters. The predicted molar refractivity (Wildman–Crippen MR) is 87.3 cm³/mol. The molecule has 1 aliphatic heterocycles. The Morgan fingerprint density at radius 2 is 1.91 bits per heavy atom. The van der Waals surface area contributed by atoms with E-state index in [9.17, 15) is 13.2 Å². The van der Waals surface area contributed by atoms with Crippen LogP contribution in [0.5, 0.6) is 0 Å². The molecule has 0 radical (unpaired) electrons. The Labute approximate surface area is 137 Å². The molecule has 1 aromatic rings. The van der Waals surface area contributed by atoms with Crippen LogP contribution in [0.25, 0.3) is 0 Å². The topological polar surface area (TPSA) is 70.9 Å². The zero-order valence-corrected chi connectivity index (χ0v) is 14.0. The Bertz CT molecular complexity index is 684. The van der Waals surface area contributed by atoms with E-state index < -0.39 is 10.0 Å². The number of quaternary nitrogens is 1. The maximum absolute atomic E-state index is 12.6. The van der Waals surface area contributed by atoms with Crippen LogP contribution in [-0.4, -0.2) is 57.9 Å². The number of piperazine rings is 1. The van der Waals surface area contributed by atoms with Crippen molar-refractivity contribution in [2.24, 2.45) is 0 Å². The lowest BCUT2D eigenvalue weighted by molar-refractivity contribution is -0.895. The van der Waals surface area contributed by atoms with E-state index in [1.807, 2.05) is 6.92 Å². The number of benzene rings is 1. The molecule has 2 rings (SSSR count). The van der Waals surface area contributed by atoms with Gasteiger partial charge in [-0.3, -0.25) is 4.79 Å². The number of terminal acetylenes is 1. The van der Waals surface area contributed by atoms with Crippen molar-refractivity contribution in [2.45, 2.75) is 11.8 Å². The summed E-state index contributed by atoms with van der Waals surface area (Å²) in [6, 6.07) is 6.86. The minimum Gasteiger partial charge on any atom is -0.340 e. The molecule has 1 heterocycles. The molecule has 0 spiro atoms. The molecule has 1 saturated heterocycles. The summed E-state index contributed by atoms with van der Waals surface area (Å²) in [7, 11) is -3.45. The zero-order chi connectivity index (χ0) is 16.9. The van der Waals surface area contributed by atoms with Crippen LogP contribution in [0, 0.1) is 19.3 Å². The minimum absolute atomic E-state index is 0.104. The van der Waals surface area contributed by atoms with Crippen LogP contribution in [0.4, 0.5) is 0 Å². The van der Waals surface area contributed by atoms with Crippen LogP contribution in [0.15, 0.2) is 29.2 Å². The zero-order valence-electron chi connectivity index (χ0n) is 13.2. The Morgan fingerprint density at radius 3 is 2.48 bits per heavy atom. The van der Waals surface area contributed by atoms with Gasteiger partial charge < -0.3 is 10.2 Å². The number of nitrogens with zero attached hydrogens (tertiary/aromatic N) is 1. The molecule has 1 aromatic carbocycles. The van der Waals surface area contributed by atoms with Crippen molar-refractivity contribution in [3.63, 3.8) is 0 Å². The maximum atomic E-state index is 12.6. The third-order valence-corrected chi connectivity index (χ3v) is 5.80. The van der Waals surface area contributed by atoms with Crippen molar-refractivity contribution in [1.29, 1.82) is 0 Å². The fourth-order valence-corrected chi connectivity index (χ4v) is 3.96. The van der Waals surface area contributed by atoms with Gasteiger partial charge in [0.2, 0.25) is 10.0 Å². The van der Waals surface area contributed by atoms with Crippen LogP contribution in [0.2, 0.25) is 0 Å².